The third-order valence-electron chi connectivity index (χ3n) is 4.85. The number of benzene rings is 2. The van der Waals surface area contributed by atoms with Crippen molar-refractivity contribution in [3.8, 4) is 5.75 Å². The first-order valence-electron chi connectivity index (χ1n) is 9.23. The normalized spacial score (nSPS) is 19.7. The van der Waals surface area contributed by atoms with Gasteiger partial charge in [-0.05, 0) is 42.8 Å². The van der Waals surface area contributed by atoms with Crippen LogP contribution in [-0.4, -0.2) is 24.1 Å². The van der Waals surface area contributed by atoms with Crippen LogP contribution in [0.4, 0.5) is 0 Å². The standard InChI is InChI=1S/C23H20N2O3/c1-3-28-20-11-8-15-6-4-5-7-18(15)22(20)23(27)24-16-9-10-17-14(2)12-21(26)25-19(17)13-16/h4-13,17H,3H2,1-2H3,(H,25,26). The van der Waals surface area contributed by atoms with Gasteiger partial charge in [-0.3, -0.25) is 9.59 Å². The fourth-order valence-corrected chi connectivity index (χ4v) is 3.57. The summed E-state index contributed by atoms with van der Waals surface area (Å²) in [4.78, 5) is 29.2. The van der Waals surface area contributed by atoms with E-state index in [2.05, 4.69) is 10.3 Å². The molecule has 1 heterocycles. The van der Waals surface area contributed by atoms with Gasteiger partial charge in [0.25, 0.3) is 5.91 Å². The number of carbonyl (C=O) groups is 2. The average molecular weight is 372 g/mol. The molecule has 0 spiro atoms. The largest absolute Gasteiger partial charge is 0.493 e. The molecule has 0 fully saturated rings. The van der Waals surface area contributed by atoms with E-state index in [9.17, 15) is 9.59 Å². The summed E-state index contributed by atoms with van der Waals surface area (Å²) in [6.45, 7) is 4.25. The van der Waals surface area contributed by atoms with Crippen LogP contribution < -0.4 is 10.1 Å². The average Bonchev–Trinajstić information content (AvgIpc) is 2.67. The monoisotopic (exact) mass is 372 g/mol. The first-order valence-corrected chi connectivity index (χ1v) is 9.23. The number of allylic oxidation sites excluding steroid dienone is 3. The van der Waals surface area contributed by atoms with Crippen molar-refractivity contribution in [1.82, 2.24) is 5.32 Å². The maximum absolute atomic E-state index is 13.1. The Kier molecular flexibility index (Phi) is 4.65. The van der Waals surface area contributed by atoms with Crippen molar-refractivity contribution in [2.45, 2.75) is 13.8 Å². The van der Waals surface area contributed by atoms with Crippen LogP contribution in [0.5, 0.6) is 5.75 Å². The van der Waals surface area contributed by atoms with Gasteiger partial charge in [0.05, 0.1) is 17.9 Å². The van der Waals surface area contributed by atoms with Crippen molar-refractivity contribution < 1.29 is 14.3 Å². The number of nitrogens with zero attached hydrogens (tertiary/aromatic N) is 1. The van der Waals surface area contributed by atoms with Crippen molar-refractivity contribution in [3.63, 3.8) is 0 Å². The quantitative estimate of drug-likeness (QED) is 0.887. The summed E-state index contributed by atoms with van der Waals surface area (Å²) in [5.41, 5.74) is 2.65. The topological polar surface area (TPSA) is 67.8 Å². The van der Waals surface area contributed by atoms with Gasteiger partial charge in [-0.25, -0.2) is 4.99 Å². The number of hydrogen-bond donors (Lipinski definition) is 1. The molecule has 140 valence electrons. The zero-order chi connectivity index (χ0) is 19.7. The fourth-order valence-electron chi connectivity index (χ4n) is 3.57. The molecule has 0 bridgehead atoms. The van der Waals surface area contributed by atoms with Gasteiger partial charge in [-0.2, -0.15) is 0 Å². The number of hydrogen-bond acceptors (Lipinski definition) is 3. The first kappa shape index (κ1) is 17.9. The van der Waals surface area contributed by atoms with Gasteiger partial charge in [0.1, 0.15) is 5.75 Å². The molecular weight excluding hydrogens is 352 g/mol. The van der Waals surface area contributed by atoms with Crippen LogP contribution in [0, 0.1) is 5.92 Å². The third kappa shape index (κ3) is 3.27. The molecule has 28 heavy (non-hydrogen) atoms. The molecule has 0 saturated carbocycles. The molecule has 1 aliphatic carbocycles. The molecule has 2 aromatic rings. The van der Waals surface area contributed by atoms with Gasteiger partial charge in [0, 0.05) is 17.7 Å². The predicted octanol–water partition coefficient (Wildman–Crippen LogP) is 3.97. The lowest BCUT2D eigenvalue weighted by Crippen LogP contribution is -2.32. The van der Waals surface area contributed by atoms with Crippen LogP contribution in [0.25, 0.3) is 10.8 Å². The molecule has 0 radical (unpaired) electrons. The van der Waals surface area contributed by atoms with E-state index in [1.165, 1.54) is 0 Å². The van der Waals surface area contributed by atoms with E-state index in [1.54, 1.807) is 18.2 Å². The summed E-state index contributed by atoms with van der Waals surface area (Å²) in [7, 11) is 0. The van der Waals surface area contributed by atoms with Gasteiger partial charge in [-0.15, -0.1) is 0 Å². The molecule has 2 aliphatic rings. The van der Waals surface area contributed by atoms with Gasteiger partial charge in [0.2, 0.25) is 5.91 Å². The van der Waals surface area contributed by atoms with E-state index in [1.807, 2.05) is 56.3 Å². The Balaban J connectivity index is 1.75. The zero-order valence-corrected chi connectivity index (χ0v) is 15.7. The molecule has 2 aromatic carbocycles. The van der Waals surface area contributed by atoms with Gasteiger partial charge in [0.15, 0.2) is 0 Å². The van der Waals surface area contributed by atoms with Crippen LogP contribution in [0.3, 0.4) is 0 Å². The Morgan fingerprint density at radius 3 is 2.82 bits per heavy atom. The summed E-state index contributed by atoms with van der Waals surface area (Å²) < 4.78 is 5.68. The van der Waals surface area contributed by atoms with Gasteiger partial charge >= 0.3 is 0 Å². The molecule has 1 N–H and O–H groups in total. The van der Waals surface area contributed by atoms with Crippen LogP contribution in [0.1, 0.15) is 24.2 Å². The second kappa shape index (κ2) is 7.27. The Labute approximate surface area is 163 Å². The van der Waals surface area contributed by atoms with E-state index in [0.717, 1.165) is 22.0 Å². The summed E-state index contributed by atoms with van der Waals surface area (Å²) >= 11 is 0. The molecule has 1 unspecified atom stereocenters. The molecule has 1 aliphatic heterocycles. The van der Waals surface area contributed by atoms with E-state index in [4.69, 9.17) is 4.74 Å². The Hall–Kier alpha value is -3.47. The van der Waals surface area contributed by atoms with E-state index in [0.29, 0.717) is 23.6 Å². The van der Waals surface area contributed by atoms with Crippen molar-refractivity contribution in [3.05, 3.63) is 77.5 Å². The smallest absolute Gasteiger partial charge is 0.281 e. The molecule has 5 nitrogen and oxygen atoms in total. The molecule has 1 atom stereocenters. The van der Waals surface area contributed by atoms with E-state index < -0.39 is 0 Å². The van der Waals surface area contributed by atoms with Crippen molar-refractivity contribution >= 4 is 28.3 Å². The predicted molar refractivity (Wildman–Crippen MR) is 109 cm³/mol. The maximum atomic E-state index is 13.1. The SMILES string of the molecule is CCOc1ccc2ccccc2c1C(=O)N=C1C=CC2C(C)=CC(=O)NC2=C1. The fraction of sp³-hybridized carbons (Fsp3) is 0.174. The number of ether oxygens (including phenoxy) is 1. The maximum Gasteiger partial charge on any atom is 0.281 e. The van der Waals surface area contributed by atoms with Crippen LogP contribution >= 0.6 is 0 Å². The minimum Gasteiger partial charge on any atom is -0.493 e. The highest BCUT2D eigenvalue weighted by Gasteiger charge is 2.24. The van der Waals surface area contributed by atoms with Crippen LogP contribution in [0.15, 0.2) is 77.0 Å². The molecule has 0 saturated heterocycles. The molecule has 0 aromatic heterocycles. The summed E-state index contributed by atoms with van der Waals surface area (Å²) in [5, 5.41) is 4.59. The Bertz CT molecular complexity index is 1110. The number of carbonyl (C=O) groups excluding carboxylic acids is 2. The molecule has 5 heteroatoms. The zero-order valence-electron chi connectivity index (χ0n) is 15.7. The number of nitrogens with one attached hydrogen (secondary N) is 1. The van der Waals surface area contributed by atoms with Crippen LogP contribution in [0.2, 0.25) is 0 Å². The van der Waals surface area contributed by atoms with E-state index >= 15 is 0 Å². The highest BCUT2D eigenvalue weighted by atomic mass is 16.5. The highest BCUT2D eigenvalue weighted by Crippen LogP contribution is 2.30. The lowest BCUT2D eigenvalue weighted by Gasteiger charge is -2.25. The minimum atomic E-state index is -0.371. The van der Waals surface area contributed by atoms with Crippen LogP contribution in [-0.2, 0) is 4.79 Å². The number of amides is 2. The molecule has 4 rings (SSSR count). The summed E-state index contributed by atoms with van der Waals surface area (Å²) in [6, 6.07) is 11.4. The number of rotatable bonds is 3. The third-order valence-corrected chi connectivity index (χ3v) is 4.85. The second-order valence-electron chi connectivity index (χ2n) is 6.75. The van der Waals surface area contributed by atoms with Crippen molar-refractivity contribution in [2.75, 3.05) is 6.61 Å². The van der Waals surface area contributed by atoms with E-state index in [-0.39, 0.29) is 17.7 Å². The Morgan fingerprint density at radius 2 is 2.00 bits per heavy atom. The minimum absolute atomic E-state index is 0.0169. The number of aliphatic imine (C=N–C) groups is 1. The first-order chi connectivity index (χ1) is 13.6. The molecular formula is C23H20N2O3. The lowest BCUT2D eigenvalue weighted by molar-refractivity contribution is -0.116. The van der Waals surface area contributed by atoms with Crippen molar-refractivity contribution in [1.29, 1.82) is 0 Å². The van der Waals surface area contributed by atoms with Gasteiger partial charge < -0.3 is 10.1 Å². The summed E-state index contributed by atoms with van der Waals surface area (Å²) in [6.07, 6.45) is 7.10. The van der Waals surface area contributed by atoms with Crippen molar-refractivity contribution in [2.24, 2.45) is 10.9 Å². The number of fused-ring (bicyclic) bond motifs is 2. The lowest BCUT2D eigenvalue weighted by atomic mass is 9.89. The second-order valence-corrected chi connectivity index (χ2v) is 6.75. The Morgan fingerprint density at radius 1 is 1.18 bits per heavy atom. The molecule has 2 amide bonds. The highest BCUT2D eigenvalue weighted by molar-refractivity contribution is 6.18. The summed E-state index contributed by atoms with van der Waals surface area (Å²) in [5.74, 6) is 0.00664. The van der Waals surface area contributed by atoms with Gasteiger partial charge in [-0.1, -0.05) is 42.0 Å².